The fourth-order valence-electron chi connectivity index (χ4n) is 2.84. The van der Waals surface area contributed by atoms with Crippen LogP contribution in [0.5, 0.6) is 0 Å². The highest BCUT2D eigenvalue weighted by Gasteiger charge is 2.17. The minimum absolute atomic E-state index is 0.409. The summed E-state index contributed by atoms with van der Waals surface area (Å²) in [4.78, 5) is 2.15. The van der Waals surface area contributed by atoms with Crippen LogP contribution in [0.1, 0.15) is 50.6 Å². The molecule has 2 rings (SSSR count). The van der Waals surface area contributed by atoms with Crippen molar-refractivity contribution in [2.45, 2.75) is 45.1 Å². The van der Waals surface area contributed by atoms with Crippen LogP contribution < -0.4 is 10.2 Å². The van der Waals surface area contributed by atoms with E-state index in [0.717, 1.165) is 6.54 Å². The third-order valence-electron chi connectivity index (χ3n) is 4.04. The van der Waals surface area contributed by atoms with Gasteiger partial charge in [0.15, 0.2) is 0 Å². The van der Waals surface area contributed by atoms with Crippen molar-refractivity contribution in [3.63, 3.8) is 0 Å². The molecule has 110 valence electrons. The van der Waals surface area contributed by atoms with E-state index in [-0.39, 0.29) is 0 Å². The van der Waals surface area contributed by atoms with Crippen molar-refractivity contribution in [3.05, 3.63) is 41.5 Å². The van der Waals surface area contributed by atoms with E-state index in [0.29, 0.717) is 6.04 Å². The van der Waals surface area contributed by atoms with Crippen LogP contribution >= 0.6 is 0 Å². The number of nitrogens with one attached hydrogen (secondary N) is 1. The van der Waals surface area contributed by atoms with E-state index in [4.69, 9.17) is 0 Å². The lowest BCUT2D eigenvalue weighted by molar-refractivity contribution is 0.547. The smallest absolute Gasteiger partial charge is 0.0536 e. The number of hydrogen-bond acceptors (Lipinski definition) is 2. The molecule has 0 saturated heterocycles. The van der Waals surface area contributed by atoms with Crippen molar-refractivity contribution in [2.75, 3.05) is 25.5 Å². The monoisotopic (exact) mass is 272 g/mol. The standard InChI is InChI=1S/C18H28N2/c1-4-14-19-18(15-8-6-5-7-9-15)16-10-12-17(13-11-16)20(2)3/h8,10-13,18-19H,4-7,9,14H2,1-3H3. The van der Waals surface area contributed by atoms with Crippen LogP contribution in [0.15, 0.2) is 35.9 Å². The molecule has 0 heterocycles. The van der Waals surface area contributed by atoms with Gasteiger partial charge in [-0.25, -0.2) is 0 Å². The van der Waals surface area contributed by atoms with Gasteiger partial charge in [-0.1, -0.05) is 30.7 Å². The minimum Gasteiger partial charge on any atom is -0.378 e. The predicted octanol–water partition coefficient (Wildman–Crippen LogP) is 4.29. The summed E-state index contributed by atoms with van der Waals surface area (Å²) in [5.74, 6) is 0. The first-order valence-corrected chi connectivity index (χ1v) is 7.92. The zero-order valence-electron chi connectivity index (χ0n) is 13.2. The van der Waals surface area contributed by atoms with Gasteiger partial charge < -0.3 is 10.2 Å². The molecule has 1 N–H and O–H groups in total. The summed E-state index contributed by atoms with van der Waals surface area (Å²) < 4.78 is 0. The molecule has 1 unspecified atom stereocenters. The lowest BCUT2D eigenvalue weighted by atomic mass is 9.89. The number of nitrogens with zero attached hydrogens (tertiary/aromatic N) is 1. The Morgan fingerprint density at radius 3 is 2.45 bits per heavy atom. The number of hydrogen-bond donors (Lipinski definition) is 1. The van der Waals surface area contributed by atoms with E-state index >= 15 is 0 Å². The normalized spacial score (nSPS) is 16.6. The maximum Gasteiger partial charge on any atom is 0.0536 e. The molecule has 2 heteroatoms. The minimum atomic E-state index is 0.409. The molecule has 1 aromatic carbocycles. The Balaban J connectivity index is 2.18. The Labute approximate surface area is 123 Å². The summed E-state index contributed by atoms with van der Waals surface area (Å²) in [5.41, 5.74) is 4.25. The maximum atomic E-state index is 3.72. The van der Waals surface area contributed by atoms with Crippen LogP contribution in [0.3, 0.4) is 0 Å². The molecule has 20 heavy (non-hydrogen) atoms. The van der Waals surface area contributed by atoms with Crippen molar-refractivity contribution in [1.82, 2.24) is 5.32 Å². The van der Waals surface area contributed by atoms with Gasteiger partial charge >= 0.3 is 0 Å². The van der Waals surface area contributed by atoms with Crippen molar-refractivity contribution >= 4 is 5.69 Å². The van der Waals surface area contributed by atoms with Gasteiger partial charge in [0.2, 0.25) is 0 Å². The van der Waals surface area contributed by atoms with Gasteiger partial charge in [-0.3, -0.25) is 0 Å². The van der Waals surface area contributed by atoms with Crippen molar-refractivity contribution in [1.29, 1.82) is 0 Å². The highest BCUT2D eigenvalue weighted by atomic mass is 15.1. The van der Waals surface area contributed by atoms with E-state index in [1.165, 1.54) is 43.4 Å². The molecule has 2 nitrogen and oxygen atoms in total. The second-order valence-corrected chi connectivity index (χ2v) is 5.90. The Morgan fingerprint density at radius 2 is 1.90 bits per heavy atom. The predicted molar refractivity (Wildman–Crippen MR) is 88.4 cm³/mol. The molecule has 1 aromatic rings. The van der Waals surface area contributed by atoms with Gasteiger partial charge in [0.1, 0.15) is 0 Å². The first-order chi connectivity index (χ1) is 9.72. The fraction of sp³-hybridized carbons (Fsp3) is 0.556. The van der Waals surface area contributed by atoms with Crippen LogP contribution in [-0.4, -0.2) is 20.6 Å². The van der Waals surface area contributed by atoms with Crippen LogP contribution in [0, 0.1) is 0 Å². The van der Waals surface area contributed by atoms with Crippen LogP contribution in [0.4, 0.5) is 5.69 Å². The average Bonchev–Trinajstić information content (AvgIpc) is 2.49. The molecule has 0 aliphatic heterocycles. The SMILES string of the molecule is CCCNC(C1=CCCCC1)c1ccc(N(C)C)cc1. The van der Waals surface area contributed by atoms with Crippen molar-refractivity contribution < 1.29 is 0 Å². The lowest BCUT2D eigenvalue weighted by Crippen LogP contribution is -2.24. The quantitative estimate of drug-likeness (QED) is 0.777. The Bertz CT molecular complexity index is 431. The summed E-state index contributed by atoms with van der Waals surface area (Å²) in [7, 11) is 4.18. The molecular formula is C18H28N2. The molecule has 0 fully saturated rings. The number of anilines is 1. The number of allylic oxidation sites excluding steroid dienone is 1. The van der Waals surface area contributed by atoms with E-state index in [1.807, 2.05) is 0 Å². The summed E-state index contributed by atoms with van der Waals surface area (Å²) in [6, 6.07) is 9.40. The van der Waals surface area contributed by atoms with Crippen molar-refractivity contribution in [2.24, 2.45) is 0 Å². The molecule has 0 aromatic heterocycles. The van der Waals surface area contributed by atoms with Crippen molar-refractivity contribution in [3.8, 4) is 0 Å². The summed E-state index contributed by atoms with van der Waals surface area (Å²) in [6.07, 6.45) is 8.82. The van der Waals surface area contributed by atoms with Gasteiger partial charge in [-0.15, -0.1) is 0 Å². The summed E-state index contributed by atoms with van der Waals surface area (Å²) >= 11 is 0. The van der Waals surface area contributed by atoms with Crippen LogP contribution in [-0.2, 0) is 0 Å². The lowest BCUT2D eigenvalue weighted by Gasteiger charge is -2.25. The molecule has 0 amide bonds. The Hall–Kier alpha value is -1.28. The Morgan fingerprint density at radius 1 is 1.15 bits per heavy atom. The summed E-state index contributed by atoms with van der Waals surface area (Å²) in [5, 5.41) is 3.72. The second-order valence-electron chi connectivity index (χ2n) is 5.90. The third-order valence-corrected chi connectivity index (χ3v) is 4.04. The molecule has 1 atom stereocenters. The maximum absolute atomic E-state index is 3.72. The van der Waals surface area contributed by atoms with Gasteiger partial charge in [0.05, 0.1) is 6.04 Å². The molecule has 1 aliphatic carbocycles. The zero-order chi connectivity index (χ0) is 14.4. The fourth-order valence-corrected chi connectivity index (χ4v) is 2.84. The molecule has 0 saturated carbocycles. The van der Waals surface area contributed by atoms with E-state index in [9.17, 15) is 0 Å². The molecule has 0 bridgehead atoms. The first-order valence-electron chi connectivity index (χ1n) is 7.92. The van der Waals surface area contributed by atoms with E-state index in [1.54, 1.807) is 5.57 Å². The van der Waals surface area contributed by atoms with E-state index in [2.05, 4.69) is 61.6 Å². The average molecular weight is 272 g/mol. The number of benzene rings is 1. The Kier molecular flexibility index (Phi) is 5.66. The van der Waals surface area contributed by atoms with E-state index < -0.39 is 0 Å². The largest absolute Gasteiger partial charge is 0.378 e. The van der Waals surface area contributed by atoms with Gasteiger partial charge in [-0.05, 0) is 56.3 Å². The third kappa shape index (κ3) is 3.86. The highest BCUT2D eigenvalue weighted by Crippen LogP contribution is 2.30. The molecular weight excluding hydrogens is 244 g/mol. The molecule has 1 aliphatic rings. The number of rotatable bonds is 6. The van der Waals surface area contributed by atoms with Gasteiger partial charge in [0, 0.05) is 19.8 Å². The van der Waals surface area contributed by atoms with Gasteiger partial charge in [0.25, 0.3) is 0 Å². The molecule has 0 radical (unpaired) electrons. The van der Waals surface area contributed by atoms with Crippen LogP contribution in [0.25, 0.3) is 0 Å². The van der Waals surface area contributed by atoms with Gasteiger partial charge in [-0.2, -0.15) is 0 Å². The molecule has 0 spiro atoms. The summed E-state index contributed by atoms with van der Waals surface area (Å²) in [6.45, 7) is 3.31. The first kappa shape index (κ1) is 15.1. The zero-order valence-corrected chi connectivity index (χ0v) is 13.2. The second kappa shape index (κ2) is 7.49. The van der Waals surface area contributed by atoms with Crippen LogP contribution in [0.2, 0.25) is 0 Å². The highest BCUT2D eigenvalue weighted by molar-refractivity contribution is 5.47. The topological polar surface area (TPSA) is 15.3 Å².